The van der Waals surface area contributed by atoms with Gasteiger partial charge in [-0.05, 0) is 55.3 Å². The van der Waals surface area contributed by atoms with E-state index in [4.69, 9.17) is 0 Å². The topological polar surface area (TPSA) is 97.6 Å². The lowest BCUT2D eigenvalue weighted by atomic mass is 9.89. The Morgan fingerprint density at radius 1 is 1.23 bits per heavy atom. The molecule has 2 aromatic heterocycles. The lowest BCUT2D eigenvalue weighted by molar-refractivity contribution is 0.102. The molecule has 3 aromatic rings. The summed E-state index contributed by atoms with van der Waals surface area (Å²) < 4.78 is 13.7. The number of nitrogens with one attached hydrogen (secondary N) is 2. The molecule has 1 amide bonds. The van der Waals surface area contributed by atoms with Gasteiger partial charge in [-0.3, -0.25) is 9.78 Å². The summed E-state index contributed by atoms with van der Waals surface area (Å²) in [5.74, 6) is -0.282. The Balaban J connectivity index is 1.58. The van der Waals surface area contributed by atoms with Crippen LogP contribution in [0.2, 0.25) is 0 Å². The van der Waals surface area contributed by atoms with Crippen LogP contribution in [0.4, 0.5) is 10.1 Å². The fourth-order valence-electron chi connectivity index (χ4n) is 3.59. The first-order chi connectivity index (χ1) is 14.4. The Bertz CT molecular complexity index is 1120. The zero-order valence-electron chi connectivity index (χ0n) is 17.0. The zero-order chi connectivity index (χ0) is 21.3. The van der Waals surface area contributed by atoms with Crippen molar-refractivity contribution in [2.24, 2.45) is 7.05 Å². The van der Waals surface area contributed by atoms with Crippen molar-refractivity contribution in [3.05, 3.63) is 70.6 Å². The standard InChI is InChI=1S/C21H22FN7O/c1-12-8-9-24-19(20-26-28-29(3)27-20)18(12)14-4-6-15(7-5-14)25-21(30)16-10-23-11-17(22)13(16)2/h4-7,10-11,19,24H,8-9H2,1-3H3,(H,25,30). The van der Waals surface area contributed by atoms with Crippen molar-refractivity contribution in [3.8, 4) is 0 Å². The number of carbonyl (C=O) groups is 1. The molecular formula is C21H22FN7O. The normalized spacial score (nSPS) is 16.6. The third-order valence-electron chi connectivity index (χ3n) is 5.23. The van der Waals surface area contributed by atoms with Gasteiger partial charge in [-0.25, -0.2) is 4.39 Å². The van der Waals surface area contributed by atoms with Gasteiger partial charge in [0.2, 0.25) is 0 Å². The van der Waals surface area contributed by atoms with Gasteiger partial charge in [0.25, 0.3) is 5.91 Å². The Labute approximate surface area is 173 Å². The van der Waals surface area contributed by atoms with Crippen LogP contribution in [0.3, 0.4) is 0 Å². The van der Waals surface area contributed by atoms with Crippen LogP contribution in [0.5, 0.6) is 0 Å². The van der Waals surface area contributed by atoms with Crippen molar-refractivity contribution in [1.82, 2.24) is 30.5 Å². The molecule has 4 rings (SSSR count). The zero-order valence-corrected chi connectivity index (χ0v) is 17.0. The van der Waals surface area contributed by atoms with E-state index in [1.807, 2.05) is 24.3 Å². The highest BCUT2D eigenvalue weighted by atomic mass is 19.1. The van der Waals surface area contributed by atoms with Crippen LogP contribution >= 0.6 is 0 Å². The van der Waals surface area contributed by atoms with E-state index >= 15 is 0 Å². The number of halogens is 1. The Kier molecular flexibility index (Phi) is 5.37. The molecule has 0 spiro atoms. The van der Waals surface area contributed by atoms with E-state index in [9.17, 15) is 9.18 Å². The minimum atomic E-state index is -0.506. The predicted octanol–water partition coefficient (Wildman–Crippen LogP) is 2.81. The van der Waals surface area contributed by atoms with Crippen LogP contribution in [0.15, 0.2) is 42.2 Å². The van der Waals surface area contributed by atoms with Crippen LogP contribution in [-0.4, -0.2) is 37.6 Å². The molecule has 0 saturated heterocycles. The Hall–Kier alpha value is -3.46. The molecule has 9 heteroatoms. The van der Waals surface area contributed by atoms with Crippen LogP contribution in [0, 0.1) is 12.7 Å². The summed E-state index contributed by atoms with van der Waals surface area (Å²) in [7, 11) is 1.74. The Morgan fingerprint density at radius 2 is 2.00 bits per heavy atom. The van der Waals surface area contributed by atoms with Crippen molar-refractivity contribution in [2.45, 2.75) is 26.3 Å². The fraction of sp³-hybridized carbons (Fsp3) is 0.286. The second-order valence-electron chi connectivity index (χ2n) is 7.29. The summed E-state index contributed by atoms with van der Waals surface area (Å²) in [4.78, 5) is 17.7. The van der Waals surface area contributed by atoms with Crippen molar-refractivity contribution in [2.75, 3.05) is 11.9 Å². The molecule has 3 heterocycles. The Morgan fingerprint density at radius 3 is 2.70 bits per heavy atom. The highest BCUT2D eigenvalue weighted by molar-refractivity contribution is 6.05. The highest BCUT2D eigenvalue weighted by Gasteiger charge is 2.27. The van der Waals surface area contributed by atoms with E-state index in [1.165, 1.54) is 16.6 Å². The second kappa shape index (κ2) is 8.11. The van der Waals surface area contributed by atoms with Gasteiger partial charge in [0, 0.05) is 17.4 Å². The molecule has 30 heavy (non-hydrogen) atoms. The first-order valence-corrected chi connectivity index (χ1v) is 9.63. The van der Waals surface area contributed by atoms with Crippen LogP contribution < -0.4 is 10.6 Å². The lowest BCUT2D eigenvalue weighted by Crippen LogP contribution is -2.29. The van der Waals surface area contributed by atoms with Gasteiger partial charge in [0.05, 0.1) is 24.8 Å². The first-order valence-electron chi connectivity index (χ1n) is 9.63. The number of nitrogens with zero attached hydrogens (tertiary/aromatic N) is 5. The number of pyridine rings is 1. The van der Waals surface area contributed by atoms with E-state index in [-0.39, 0.29) is 17.2 Å². The van der Waals surface area contributed by atoms with Crippen LogP contribution in [-0.2, 0) is 7.05 Å². The minimum absolute atomic E-state index is 0.145. The molecule has 2 N–H and O–H groups in total. The number of rotatable bonds is 4. The summed E-state index contributed by atoms with van der Waals surface area (Å²) >= 11 is 0. The summed E-state index contributed by atoms with van der Waals surface area (Å²) in [5, 5.41) is 18.7. The minimum Gasteiger partial charge on any atom is -0.322 e. The molecule has 0 radical (unpaired) electrons. The monoisotopic (exact) mass is 407 g/mol. The quantitative estimate of drug-likeness (QED) is 0.690. The second-order valence-corrected chi connectivity index (χ2v) is 7.29. The highest BCUT2D eigenvalue weighted by Crippen LogP contribution is 2.35. The number of anilines is 1. The van der Waals surface area contributed by atoms with Crippen LogP contribution in [0.25, 0.3) is 5.57 Å². The summed E-state index contributed by atoms with van der Waals surface area (Å²) in [5.41, 5.74) is 4.47. The molecule has 0 fully saturated rings. The number of benzene rings is 1. The number of aromatic nitrogens is 5. The molecule has 0 bridgehead atoms. The van der Waals surface area contributed by atoms with E-state index in [2.05, 4.69) is 38.0 Å². The van der Waals surface area contributed by atoms with Gasteiger partial charge < -0.3 is 10.6 Å². The first kappa shape index (κ1) is 19.8. The van der Waals surface area contributed by atoms with E-state index < -0.39 is 11.7 Å². The van der Waals surface area contributed by atoms with E-state index in [1.54, 1.807) is 14.0 Å². The molecular weight excluding hydrogens is 385 g/mol. The maximum absolute atomic E-state index is 13.7. The lowest BCUT2D eigenvalue weighted by Gasteiger charge is -2.27. The van der Waals surface area contributed by atoms with Gasteiger partial charge in [-0.2, -0.15) is 4.80 Å². The van der Waals surface area contributed by atoms with Crippen molar-refractivity contribution in [3.63, 3.8) is 0 Å². The maximum Gasteiger partial charge on any atom is 0.257 e. The van der Waals surface area contributed by atoms with E-state index in [0.29, 0.717) is 11.5 Å². The van der Waals surface area contributed by atoms with Gasteiger partial charge in [0.1, 0.15) is 5.82 Å². The van der Waals surface area contributed by atoms with Gasteiger partial charge in [0.15, 0.2) is 5.82 Å². The summed E-state index contributed by atoms with van der Waals surface area (Å²) in [6.07, 6.45) is 3.39. The van der Waals surface area contributed by atoms with Crippen molar-refractivity contribution >= 4 is 17.2 Å². The van der Waals surface area contributed by atoms with Gasteiger partial charge >= 0.3 is 0 Å². The van der Waals surface area contributed by atoms with Crippen LogP contribution in [0.1, 0.15) is 46.7 Å². The largest absolute Gasteiger partial charge is 0.322 e. The fourth-order valence-corrected chi connectivity index (χ4v) is 3.59. The smallest absolute Gasteiger partial charge is 0.257 e. The number of hydrogen-bond acceptors (Lipinski definition) is 6. The molecule has 1 atom stereocenters. The molecule has 0 saturated carbocycles. The third kappa shape index (κ3) is 3.84. The predicted molar refractivity (Wildman–Crippen MR) is 110 cm³/mol. The van der Waals surface area contributed by atoms with Gasteiger partial charge in [-0.15, -0.1) is 10.2 Å². The molecule has 154 valence electrons. The SMILES string of the molecule is CC1=C(c2ccc(NC(=O)c3cncc(F)c3C)cc2)C(c2nnn(C)n2)NCC1. The molecule has 8 nitrogen and oxygen atoms in total. The molecule has 0 aliphatic carbocycles. The van der Waals surface area contributed by atoms with Gasteiger partial charge in [-0.1, -0.05) is 17.7 Å². The average molecular weight is 407 g/mol. The number of carbonyl (C=O) groups excluding carboxylic acids is 1. The number of amides is 1. The number of hydrogen-bond donors (Lipinski definition) is 2. The maximum atomic E-state index is 13.7. The average Bonchev–Trinajstić information content (AvgIpc) is 3.17. The number of tetrazole rings is 1. The van der Waals surface area contributed by atoms with Crippen molar-refractivity contribution < 1.29 is 9.18 Å². The molecule has 1 aliphatic rings. The summed E-state index contributed by atoms with van der Waals surface area (Å²) in [6, 6.07) is 7.40. The van der Waals surface area contributed by atoms with Crippen molar-refractivity contribution in [1.29, 1.82) is 0 Å². The summed E-state index contributed by atoms with van der Waals surface area (Å²) in [6.45, 7) is 4.50. The van der Waals surface area contributed by atoms with E-state index in [0.717, 1.165) is 30.3 Å². The third-order valence-corrected chi connectivity index (χ3v) is 5.23. The number of aryl methyl sites for hydroxylation is 1. The molecule has 1 aliphatic heterocycles. The molecule has 1 aromatic carbocycles. The molecule has 1 unspecified atom stereocenters.